The first-order chi connectivity index (χ1) is 12.8. The fourth-order valence-electron chi connectivity index (χ4n) is 2.59. The first-order valence-corrected chi connectivity index (χ1v) is 9.31. The lowest BCUT2D eigenvalue weighted by atomic mass is 10.1. The van der Waals surface area contributed by atoms with E-state index in [9.17, 15) is 4.79 Å². The molecule has 0 fully saturated rings. The molecule has 1 amide bonds. The van der Waals surface area contributed by atoms with Gasteiger partial charge in [-0.05, 0) is 50.0 Å². The molecule has 5 nitrogen and oxygen atoms in total. The van der Waals surface area contributed by atoms with E-state index < -0.39 is 0 Å². The lowest BCUT2D eigenvalue weighted by Crippen LogP contribution is -2.36. The van der Waals surface area contributed by atoms with Crippen molar-refractivity contribution in [1.82, 2.24) is 10.2 Å². The van der Waals surface area contributed by atoms with Crippen molar-refractivity contribution in [2.45, 2.75) is 6.04 Å². The number of anilines is 1. The van der Waals surface area contributed by atoms with Gasteiger partial charge in [0.2, 0.25) is 0 Å². The number of hydrogen-bond donors (Lipinski definition) is 1. The molecule has 0 unspecified atom stereocenters. The zero-order valence-electron chi connectivity index (χ0n) is 16.0. The summed E-state index contributed by atoms with van der Waals surface area (Å²) in [6, 6.07) is 13.2. The molecule has 0 saturated heterocycles. The summed E-state index contributed by atoms with van der Waals surface area (Å²) in [5.41, 5.74) is 2.26. The van der Waals surface area contributed by atoms with E-state index in [1.165, 1.54) is 0 Å². The maximum absolute atomic E-state index is 12.2. The van der Waals surface area contributed by atoms with Crippen molar-refractivity contribution < 1.29 is 9.53 Å². The van der Waals surface area contributed by atoms with E-state index in [4.69, 9.17) is 27.9 Å². The molecular weight excluding hydrogens is 385 g/mol. The fourth-order valence-corrected chi connectivity index (χ4v) is 3.05. The molecule has 0 aromatic heterocycles. The number of carbonyl (C=O) groups excluding carboxylic acids is 1. The summed E-state index contributed by atoms with van der Waals surface area (Å²) in [4.78, 5) is 16.3. The van der Waals surface area contributed by atoms with Gasteiger partial charge in [0.15, 0.2) is 6.61 Å². The van der Waals surface area contributed by atoms with Crippen LogP contribution in [0.5, 0.6) is 5.75 Å². The van der Waals surface area contributed by atoms with Crippen molar-refractivity contribution in [2.24, 2.45) is 0 Å². The number of nitrogens with zero attached hydrogens (tertiary/aromatic N) is 2. The molecule has 27 heavy (non-hydrogen) atoms. The molecular formula is C20H25Cl2N3O2. The SMILES string of the molecule is CN(C)c1ccc([C@@H](CNC(=O)COc2ccc(Cl)cc2Cl)N(C)C)cc1. The Bertz CT molecular complexity index is 764. The van der Waals surface area contributed by atoms with E-state index >= 15 is 0 Å². The molecule has 0 radical (unpaired) electrons. The van der Waals surface area contributed by atoms with E-state index in [0.29, 0.717) is 22.3 Å². The maximum atomic E-state index is 12.2. The number of carbonyl (C=O) groups is 1. The summed E-state index contributed by atoms with van der Waals surface area (Å²) in [5.74, 6) is 0.220. The molecule has 0 aliphatic rings. The Morgan fingerprint density at radius 3 is 2.30 bits per heavy atom. The molecule has 7 heteroatoms. The molecule has 1 atom stereocenters. The molecule has 0 aliphatic heterocycles. The minimum Gasteiger partial charge on any atom is -0.482 e. The number of hydrogen-bond acceptors (Lipinski definition) is 4. The number of likely N-dealkylation sites (N-methyl/N-ethyl adjacent to an activating group) is 1. The van der Waals surface area contributed by atoms with Crippen molar-refractivity contribution in [3.63, 3.8) is 0 Å². The number of rotatable bonds is 8. The van der Waals surface area contributed by atoms with Gasteiger partial charge < -0.3 is 19.9 Å². The number of ether oxygens (including phenoxy) is 1. The van der Waals surface area contributed by atoms with E-state index in [1.54, 1.807) is 18.2 Å². The van der Waals surface area contributed by atoms with Gasteiger partial charge in [0.05, 0.1) is 11.1 Å². The number of amides is 1. The Labute approximate surface area is 170 Å². The predicted molar refractivity (Wildman–Crippen MR) is 112 cm³/mol. The average molecular weight is 410 g/mol. The highest BCUT2D eigenvalue weighted by Crippen LogP contribution is 2.27. The highest BCUT2D eigenvalue weighted by molar-refractivity contribution is 6.35. The smallest absolute Gasteiger partial charge is 0.258 e. The van der Waals surface area contributed by atoms with E-state index in [1.807, 2.05) is 28.2 Å². The quantitative estimate of drug-likeness (QED) is 0.718. The third-order valence-corrected chi connectivity index (χ3v) is 4.69. The molecule has 0 saturated carbocycles. The third kappa shape index (κ3) is 6.31. The second kappa shape index (κ2) is 9.83. The van der Waals surface area contributed by atoms with Gasteiger partial charge in [0.1, 0.15) is 5.75 Å². The highest BCUT2D eigenvalue weighted by atomic mass is 35.5. The van der Waals surface area contributed by atoms with Crippen LogP contribution in [-0.2, 0) is 4.79 Å². The molecule has 0 bridgehead atoms. The zero-order chi connectivity index (χ0) is 20.0. The van der Waals surface area contributed by atoms with Crippen LogP contribution in [0.1, 0.15) is 11.6 Å². The van der Waals surface area contributed by atoms with Crippen LogP contribution in [0, 0.1) is 0 Å². The van der Waals surface area contributed by atoms with Crippen LogP contribution in [0.4, 0.5) is 5.69 Å². The lowest BCUT2D eigenvalue weighted by Gasteiger charge is -2.25. The van der Waals surface area contributed by atoms with E-state index in [-0.39, 0.29) is 18.6 Å². The topological polar surface area (TPSA) is 44.8 Å². The van der Waals surface area contributed by atoms with Crippen LogP contribution in [0.25, 0.3) is 0 Å². The minimum absolute atomic E-state index is 0.0595. The normalized spacial score (nSPS) is 12.0. The van der Waals surface area contributed by atoms with Gasteiger partial charge in [-0.2, -0.15) is 0 Å². The molecule has 0 aliphatic carbocycles. The number of benzene rings is 2. The standard InChI is InChI=1S/C20H25Cl2N3O2/c1-24(2)16-8-5-14(6-9-16)18(25(3)4)12-23-20(26)13-27-19-10-7-15(21)11-17(19)22/h5-11,18H,12-13H2,1-4H3,(H,23,26)/t18-/m1/s1. The van der Waals surface area contributed by atoms with Gasteiger partial charge >= 0.3 is 0 Å². The molecule has 2 rings (SSSR count). The summed E-state index contributed by atoms with van der Waals surface area (Å²) in [6.07, 6.45) is 0. The van der Waals surface area contributed by atoms with E-state index in [2.05, 4.69) is 39.4 Å². The molecule has 0 spiro atoms. The average Bonchev–Trinajstić information content (AvgIpc) is 2.61. The van der Waals surface area contributed by atoms with Crippen LogP contribution in [0.2, 0.25) is 10.0 Å². The summed E-state index contributed by atoms with van der Waals surface area (Å²) < 4.78 is 5.47. The van der Waals surface area contributed by atoms with Crippen LogP contribution in [0.15, 0.2) is 42.5 Å². The van der Waals surface area contributed by atoms with Gasteiger partial charge in [-0.25, -0.2) is 0 Å². The zero-order valence-corrected chi connectivity index (χ0v) is 17.5. The Morgan fingerprint density at radius 2 is 1.74 bits per heavy atom. The summed E-state index contributed by atoms with van der Waals surface area (Å²) in [5, 5.41) is 3.81. The van der Waals surface area contributed by atoms with Crippen LogP contribution >= 0.6 is 23.2 Å². The number of halogens is 2. The second-order valence-corrected chi connectivity index (χ2v) is 7.48. The molecule has 146 valence electrons. The van der Waals surface area contributed by atoms with Crippen LogP contribution < -0.4 is 15.0 Å². The summed E-state index contributed by atoms with van der Waals surface area (Å²) in [6.45, 7) is 0.367. The molecule has 2 aromatic rings. The second-order valence-electron chi connectivity index (χ2n) is 6.63. The van der Waals surface area contributed by atoms with Crippen molar-refractivity contribution >= 4 is 34.8 Å². The van der Waals surface area contributed by atoms with E-state index in [0.717, 1.165) is 11.3 Å². The van der Waals surface area contributed by atoms with Gasteiger partial charge in [-0.15, -0.1) is 0 Å². The Kier molecular flexibility index (Phi) is 7.78. The lowest BCUT2D eigenvalue weighted by molar-refractivity contribution is -0.123. The monoisotopic (exact) mass is 409 g/mol. The van der Waals surface area contributed by atoms with Crippen molar-refractivity contribution in [1.29, 1.82) is 0 Å². The molecule has 1 N–H and O–H groups in total. The Morgan fingerprint density at radius 1 is 1.07 bits per heavy atom. The van der Waals surface area contributed by atoms with Crippen LogP contribution in [-0.4, -0.2) is 52.1 Å². The summed E-state index contributed by atoms with van der Waals surface area (Å²) >= 11 is 11.9. The number of nitrogens with one attached hydrogen (secondary N) is 1. The molecule has 0 heterocycles. The Hall–Kier alpha value is -1.95. The van der Waals surface area contributed by atoms with Gasteiger partial charge in [-0.3, -0.25) is 4.79 Å². The van der Waals surface area contributed by atoms with Gasteiger partial charge in [-0.1, -0.05) is 35.3 Å². The summed E-state index contributed by atoms with van der Waals surface area (Å²) in [7, 11) is 7.98. The first kappa shape index (κ1) is 21.4. The third-order valence-electron chi connectivity index (χ3n) is 4.16. The largest absolute Gasteiger partial charge is 0.482 e. The van der Waals surface area contributed by atoms with Gasteiger partial charge in [0, 0.05) is 31.4 Å². The minimum atomic E-state index is -0.210. The van der Waals surface area contributed by atoms with Crippen molar-refractivity contribution in [3.05, 3.63) is 58.1 Å². The fraction of sp³-hybridized carbons (Fsp3) is 0.350. The highest BCUT2D eigenvalue weighted by Gasteiger charge is 2.16. The maximum Gasteiger partial charge on any atom is 0.258 e. The first-order valence-electron chi connectivity index (χ1n) is 8.56. The Balaban J connectivity index is 1.92. The molecule has 2 aromatic carbocycles. The van der Waals surface area contributed by atoms with Crippen molar-refractivity contribution in [3.8, 4) is 5.75 Å². The van der Waals surface area contributed by atoms with Crippen LogP contribution in [0.3, 0.4) is 0 Å². The predicted octanol–water partition coefficient (Wildman–Crippen LogP) is 3.86. The van der Waals surface area contributed by atoms with Gasteiger partial charge in [0.25, 0.3) is 5.91 Å². The van der Waals surface area contributed by atoms with Crippen molar-refractivity contribution in [2.75, 3.05) is 46.2 Å².